The van der Waals surface area contributed by atoms with Crippen molar-refractivity contribution < 1.29 is 0 Å². The molecule has 114 valence electrons. The fourth-order valence-electron chi connectivity index (χ4n) is 2.40. The molecule has 4 nitrogen and oxygen atoms in total. The van der Waals surface area contributed by atoms with Gasteiger partial charge in [-0.2, -0.15) is 5.10 Å². The van der Waals surface area contributed by atoms with Crippen LogP contribution in [0.1, 0.15) is 36.8 Å². The molecule has 21 heavy (non-hydrogen) atoms. The molecule has 6 heteroatoms. The number of hydrogen-bond donors (Lipinski definition) is 2. The van der Waals surface area contributed by atoms with Crippen LogP contribution in [0.15, 0.2) is 33.2 Å². The van der Waals surface area contributed by atoms with Gasteiger partial charge in [-0.3, -0.25) is 16.0 Å². The molecular formula is C15H20Br2N4. The van der Waals surface area contributed by atoms with Crippen LogP contribution in [0.2, 0.25) is 0 Å². The van der Waals surface area contributed by atoms with Gasteiger partial charge in [0.05, 0.1) is 21.9 Å². The Bertz CT molecular complexity index is 610. The van der Waals surface area contributed by atoms with Crippen LogP contribution >= 0.6 is 31.9 Å². The van der Waals surface area contributed by atoms with Crippen LogP contribution in [0.3, 0.4) is 0 Å². The quantitative estimate of drug-likeness (QED) is 0.558. The summed E-state index contributed by atoms with van der Waals surface area (Å²) < 4.78 is 4.20. The number of hydrogen-bond acceptors (Lipinski definition) is 3. The van der Waals surface area contributed by atoms with Crippen LogP contribution < -0.4 is 11.3 Å². The molecule has 2 rings (SSSR count). The summed E-state index contributed by atoms with van der Waals surface area (Å²) in [5, 5.41) is 4.64. The number of benzene rings is 1. The lowest BCUT2D eigenvalue weighted by atomic mass is 10.0. The minimum absolute atomic E-state index is 0.0468. The Balaban J connectivity index is 2.32. The Labute approximate surface area is 142 Å². The zero-order valence-corrected chi connectivity index (χ0v) is 15.4. The van der Waals surface area contributed by atoms with E-state index in [0.29, 0.717) is 0 Å². The molecule has 1 atom stereocenters. The lowest BCUT2D eigenvalue weighted by molar-refractivity contribution is 0.515. The smallest absolute Gasteiger partial charge is 0.0766 e. The largest absolute Gasteiger partial charge is 0.271 e. The van der Waals surface area contributed by atoms with Crippen LogP contribution in [0, 0.1) is 0 Å². The van der Waals surface area contributed by atoms with Crippen LogP contribution in [-0.4, -0.2) is 9.78 Å². The van der Waals surface area contributed by atoms with Crippen LogP contribution in [-0.2, 0) is 19.4 Å². The summed E-state index contributed by atoms with van der Waals surface area (Å²) >= 11 is 7.19. The summed E-state index contributed by atoms with van der Waals surface area (Å²) in [6, 6.07) is 8.25. The molecule has 0 saturated heterocycles. The highest BCUT2D eigenvalue weighted by molar-refractivity contribution is 9.10. The molecule has 0 spiro atoms. The number of nitrogens with zero attached hydrogens (tertiary/aromatic N) is 2. The number of hydrazine groups is 1. The van der Waals surface area contributed by atoms with Gasteiger partial charge in [0.1, 0.15) is 0 Å². The number of rotatable bonds is 6. The third kappa shape index (κ3) is 3.74. The van der Waals surface area contributed by atoms with Crippen molar-refractivity contribution >= 4 is 31.9 Å². The number of halogens is 2. The summed E-state index contributed by atoms with van der Waals surface area (Å²) in [4.78, 5) is 0. The monoisotopic (exact) mass is 414 g/mol. The van der Waals surface area contributed by atoms with Crippen molar-refractivity contribution in [1.29, 1.82) is 0 Å². The fraction of sp³-hybridized carbons (Fsp3) is 0.400. The Hall–Kier alpha value is -0.690. The molecule has 1 aromatic heterocycles. The molecule has 0 saturated carbocycles. The third-order valence-corrected chi connectivity index (χ3v) is 4.95. The lowest BCUT2D eigenvalue weighted by Gasteiger charge is -2.17. The van der Waals surface area contributed by atoms with Gasteiger partial charge >= 0.3 is 0 Å². The van der Waals surface area contributed by atoms with E-state index in [-0.39, 0.29) is 6.04 Å². The summed E-state index contributed by atoms with van der Waals surface area (Å²) in [5.74, 6) is 5.77. The SMILES string of the molecule is CCc1nn(CC)c(CC(NN)c2cccc(Br)c2)c1Br. The van der Waals surface area contributed by atoms with Gasteiger partial charge in [0.2, 0.25) is 0 Å². The predicted molar refractivity (Wildman–Crippen MR) is 92.9 cm³/mol. The van der Waals surface area contributed by atoms with Crippen molar-refractivity contribution in [2.75, 3.05) is 0 Å². The van der Waals surface area contributed by atoms with E-state index in [4.69, 9.17) is 5.84 Å². The molecule has 3 N–H and O–H groups in total. The van der Waals surface area contributed by atoms with Crippen molar-refractivity contribution in [3.63, 3.8) is 0 Å². The Morgan fingerprint density at radius 2 is 2.10 bits per heavy atom. The molecule has 0 amide bonds. The second kappa shape index (κ2) is 7.54. The summed E-state index contributed by atoms with van der Waals surface area (Å²) in [7, 11) is 0. The standard InChI is InChI=1S/C15H20Br2N4/c1-3-12-15(17)14(21(4-2)20-12)9-13(19-18)10-6-5-7-11(16)8-10/h5-8,13,19H,3-4,9,18H2,1-2H3. The van der Waals surface area contributed by atoms with Crippen LogP contribution in [0.25, 0.3) is 0 Å². The highest BCUT2D eigenvalue weighted by Gasteiger charge is 2.19. The maximum absolute atomic E-state index is 5.77. The summed E-state index contributed by atoms with van der Waals surface area (Å²) in [6.45, 7) is 5.07. The average molecular weight is 416 g/mol. The highest BCUT2D eigenvalue weighted by Crippen LogP contribution is 2.28. The molecule has 1 unspecified atom stereocenters. The van der Waals surface area contributed by atoms with E-state index < -0.39 is 0 Å². The van der Waals surface area contributed by atoms with E-state index >= 15 is 0 Å². The molecule has 0 aliphatic carbocycles. The molecule has 0 aliphatic rings. The van der Waals surface area contributed by atoms with E-state index in [0.717, 1.165) is 39.6 Å². The minimum Gasteiger partial charge on any atom is -0.271 e. The highest BCUT2D eigenvalue weighted by atomic mass is 79.9. The maximum Gasteiger partial charge on any atom is 0.0766 e. The molecular weight excluding hydrogens is 396 g/mol. The summed E-state index contributed by atoms with van der Waals surface area (Å²) in [6.07, 6.45) is 1.70. The second-order valence-electron chi connectivity index (χ2n) is 4.86. The van der Waals surface area contributed by atoms with Gasteiger partial charge < -0.3 is 0 Å². The number of nitrogens with two attached hydrogens (primary N) is 1. The van der Waals surface area contributed by atoms with Gasteiger partial charge in [-0.05, 0) is 47.0 Å². The van der Waals surface area contributed by atoms with Gasteiger partial charge in [-0.15, -0.1) is 0 Å². The van der Waals surface area contributed by atoms with E-state index in [1.807, 2.05) is 16.8 Å². The first kappa shape index (κ1) is 16.7. The number of aromatic nitrogens is 2. The van der Waals surface area contributed by atoms with E-state index in [1.165, 1.54) is 5.69 Å². The first-order valence-electron chi connectivity index (χ1n) is 7.06. The predicted octanol–water partition coefficient (Wildman–Crippen LogP) is 3.74. The fourth-order valence-corrected chi connectivity index (χ4v) is 3.55. The zero-order chi connectivity index (χ0) is 15.4. The van der Waals surface area contributed by atoms with Crippen molar-refractivity contribution in [3.8, 4) is 0 Å². The molecule has 2 aromatic rings. The molecule has 1 heterocycles. The number of nitrogens with one attached hydrogen (secondary N) is 1. The molecule has 0 radical (unpaired) electrons. The minimum atomic E-state index is 0.0468. The molecule has 0 aliphatic heterocycles. The Morgan fingerprint density at radius 3 is 2.67 bits per heavy atom. The van der Waals surface area contributed by atoms with Gasteiger partial charge in [-0.1, -0.05) is 35.0 Å². The topological polar surface area (TPSA) is 55.9 Å². The first-order chi connectivity index (χ1) is 10.1. The lowest BCUT2D eigenvalue weighted by Crippen LogP contribution is -2.30. The molecule has 1 aromatic carbocycles. The Kier molecular flexibility index (Phi) is 5.98. The van der Waals surface area contributed by atoms with E-state index in [2.05, 4.69) is 68.4 Å². The zero-order valence-electron chi connectivity index (χ0n) is 12.2. The van der Waals surface area contributed by atoms with E-state index in [9.17, 15) is 0 Å². The Morgan fingerprint density at radius 1 is 1.33 bits per heavy atom. The number of aryl methyl sites for hydroxylation is 2. The van der Waals surface area contributed by atoms with Gasteiger partial charge in [-0.25, -0.2) is 0 Å². The first-order valence-corrected chi connectivity index (χ1v) is 8.64. The average Bonchev–Trinajstić information content (AvgIpc) is 2.80. The van der Waals surface area contributed by atoms with Gasteiger partial charge in [0, 0.05) is 17.4 Å². The summed E-state index contributed by atoms with van der Waals surface area (Å²) in [5.41, 5.74) is 6.34. The van der Waals surface area contributed by atoms with Crippen molar-refractivity contribution in [2.45, 2.75) is 39.3 Å². The van der Waals surface area contributed by atoms with Crippen molar-refractivity contribution in [2.24, 2.45) is 5.84 Å². The second-order valence-corrected chi connectivity index (χ2v) is 6.56. The van der Waals surface area contributed by atoms with Crippen molar-refractivity contribution in [1.82, 2.24) is 15.2 Å². The van der Waals surface area contributed by atoms with E-state index in [1.54, 1.807) is 0 Å². The normalized spacial score (nSPS) is 12.6. The van der Waals surface area contributed by atoms with Gasteiger partial charge in [0.15, 0.2) is 0 Å². The molecule has 0 fully saturated rings. The van der Waals surface area contributed by atoms with Crippen molar-refractivity contribution in [3.05, 3.63) is 50.2 Å². The molecule has 0 bridgehead atoms. The van der Waals surface area contributed by atoms with Gasteiger partial charge in [0.25, 0.3) is 0 Å². The van der Waals surface area contributed by atoms with Crippen LogP contribution in [0.4, 0.5) is 0 Å². The third-order valence-electron chi connectivity index (χ3n) is 3.54. The maximum atomic E-state index is 5.77. The van der Waals surface area contributed by atoms with Crippen LogP contribution in [0.5, 0.6) is 0 Å².